The molecule has 3 aromatic rings. The van der Waals surface area contributed by atoms with E-state index >= 15 is 4.39 Å². The first-order chi connectivity index (χ1) is 19.8. The van der Waals surface area contributed by atoms with Crippen molar-refractivity contribution in [2.75, 3.05) is 26.4 Å². The lowest BCUT2D eigenvalue weighted by Gasteiger charge is -2.16. The van der Waals surface area contributed by atoms with Gasteiger partial charge in [0.1, 0.15) is 54.3 Å². The Hall–Kier alpha value is -4.29. The van der Waals surface area contributed by atoms with Crippen LogP contribution < -0.4 is 9.47 Å². The molecule has 6 heteroatoms. The van der Waals surface area contributed by atoms with Gasteiger partial charge in [-0.2, -0.15) is 0 Å². The number of halogens is 1. The number of hydrogen-bond donors (Lipinski definition) is 0. The predicted octanol–water partition coefficient (Wildman–Crippen LogP) is 8.07. The largest absolute Gasteiger partial charge is 0.492 e. The van der Waals surface area contributed by atoms with E-state index in [9.17, 15) is 0 Å². The maximum Gasteiger partial charge on any atom is 0.131 e. The van der Waals surface area contributed by atoms with Gasteiger partial charge in [-0.05, 0) is 79.4 Å². The van der Waals surface area contributed by atoms with Crippen molar-refractivity contribution >= 4 is 0 Å². The maximum atomic E-state index is 15.1. The molecule has 0 saturated heterocycles. The van der Waals surface area contributed by atoms with Crippen LogP contribution in [0.3, 0.4) is 0 Å². The van der Waals surface area contributed by atoms with E-state index in [0.29, 0.717) is 55.7 Å². The predicted molar refractivity (Wildman–Crippen MR) is 163 cm³/mol. The normalized spacial score (nSPS) is 12.1. The van der Waals surface area contributed by atoms with E-state index < -0.39 is 0 Å². The van der Waals surface area contributed by atoms with E-state index in [2.05, 4.69) is 26.3 Å². The standard InChI is InChI=1S/C35H39FO5/c1-7-25(3)38-20-19-37-23-27(5)40-33-16-12-31(13-17-33)34-18-11-30(22-35(34)36)21-29-9-14-32(15-10-29)41-28(6)24-39-26(4)8-2/h7-18,22,27-28H,1-4,19-21,23-24H2,5-6H3/t27-,28+/m1/s1. The van der Waals surface area contributed by atoms with Crippen LogP contribution in [0.25, 0.3) is 11.1 Å². The topological polar surface area (TPSA) is 46.2 Å². The van der Waals surface area contributed by atoms with Gasteiger partial charge in [-0.15, -0.1) is 0 Å². The minimum atomic E-state index is -0.269. The van der Waals surface area contributed by atoms with Crippen molar-refractivity contribution in [2.45, 2.75) is 32.5 Å². The molecule has 2 atom stereocenters. The third-order valence-corrected chi connectivity index (χ3v) is 6.03. The Balaban J connectivity index is 1.49. The summed E-state index contributed by atoms with van der Waals surface area (Å²) in [6, 6.07) is 20.5. The smallest absolute Gasteiger partial charge is 0.131 e. The minimum absolute atomic E-state index is 0.142. The molecule has 0 aliphatic rings. The number of ether oxygens (including phenoxy) is 5. The first-order valence-corrected chi connectivity index (χ1v) is 13.5. The molecule has 0 aliphatic carbocycles. The second-order valence-electron chi connectivity index (χ2n) is 9.59. The highest BCUT2D eigenvalue weighted by Crippen LogP contribution is 2.27. The summed E-state index contributed by atoms with van der Waals surface area (Å²) in [4.78, 5) is 0. The lowest BCUT2D eigenvalue weighted by atomic mass is 9.99. The van der Waals surface area contributed by atoms with Gasteiger partial charge in [-0.3, -0.25) is 0 Å². The molecular weight excluding hydrogens is 519 g/mol. The van der Waals surface area contributed by atoms with E-state index in [1.165, 1.54) is 0 Å². The van der Waals surface area contributed by atoms with Gasteiger partial charge in [0, 0.05) is 5.56 Å². The van der Waals surface area contributed by atoms with Gasteiger partial charge in [0.05, 0.1) is 13.2 Å². The van der Waals surface area contributed by atoms with Crippen LogP contribution >= 0.6 is 0 Å². The second-order valence-corrected chi connectivity index (χ2v) is 9.59. The first-order valence-electron chi connectivity index (χ1n) is 13.5. The molecule has 0 radical (unpaired) electrons. The van der Waals surface area contributed by atoms with Gasteiger partial charge >= 0.3 is 0 Å². The van der Waals surface area contributed by atoms with Crippen LogP contribution in [0.2, 0.25) is 0 Å². The van der Waals surface area contributed by atoms with E-state index in [0.717, 1.165) is 22.4 Å². The minimum Gasteiger partial charge on any atom is -0.492 e. The van der Waals surface area contributed by atoms with Crippen LogP contribution in [-0.4, -0.2) is 38.6 Å². The highest BCUT2D eigenvalue weighted by atomic mass is 19.1. The molecule has 0 spiro atoms. The third kappa shape index (κ3) is 10.7. The molecule has 0 fully saturated rings. The molecule has 0 N–H and O–H groups in total. The molecule has 3 aromatic carbocycles. The summed E-state index contributed by atoms with van der Waals surface area (Å²) >= 11 is 0. The Morgan fingerprint density at radius 2 is 1.29 bits per heavy atom. The zero-order valence-electron chi connectivity index (χ0n) is 23.9. The Morgan fingerprint density at radius 3 is 1.90 bits per heavy atom. The molecule has 216 valence electrons. The summed E-state index contributed by atoms with van der Waals surface area (Å²) in [6.07, 6.45) is 3.43. The molecule has 3 rings (SSSR count). The fourth-order valence-corrected chi connectivity index (χ4v) is 3.89. The number of rotatable bonds is 18. The van der Waals surface area contributed by atoms with Crippen molar-refractivity contribution in [3.8, 4) is 22.6 Å². The molecule has 41 heavy (non-hydrogen) atoms. The first kappa shape index (κ1) is 31.2. The molecule has 0 unspecified atom stereocenters. The summed E-state index contributed by atoms with van der Waals surface area (Å²) in [5, 5.41) is 0. The number of allylic oxidation sites excluding steroid dienone is 2. The molecular formula is C35H39FO5. The zero-order valence-corrected chi connectivity index (χ0v) is 23.9. The van der Waals surface area contributed by atoms with E-state index in [4.69, 9.17) is 23.7 Å². The summed E-state index contributed by atoms with van der Waals surface area (Å²) in [5.74, 6) is 2.20. The van der Waals surface area contributed by atoms with Crippen molar-refractivity contribution in [2.24, 2.45) is 0 Å². The van der Waals surface area contributed by atoms with Crippen LogP contribution in [0, 0.1) is 5.82 Å². The highest BCUT2D eigenvalue weighted by molar-refractivity contribution is 5.65. The average molecular weight is 559 g/mol. The fourth-order valence-electron chi connectivity index (χ4n) is 3.89. The Morgan fingerprint density at radius 1 is 0.732 bits per heavy atom. The number of hydrogen-bond acceptors (Lipinski definition) is 5. The third-order valence-electron chi connectivity index (χ3n) is 6.03. The van der Waals surface area contributed by atoms with Crippen molar-refractivity contribution < 1.29 is 28.1 Å². The Labute approximate surface area is 243 Å². The average Bonchev–Trinajstić information content (AvgIpc) is 2.97. The molecule has 0 aliphatic heterocycles. The molecule has 0 amide bonds. The van der Waals surface area contributed by atoms with Gasteiger partial charge in [0.15, 0.2) is 0 Å². The van der Waals surface area contributed by atoms with Gasteiger partial charge in [0.2, 0.25) is 0 Å². The fraction of sp³-hybridized carbons (Fsp3) is 0.257. The lowest BCUT2D eigenvalue weighted by Crippen LogP contribution is -2.20. The number of benzene rings is 3. The summed E-state index contributed by atoms with van der Waals surface area (Å²) < 4.78 is 43.2. The maximum absolute atomic E-state index is 15.1. The van der Waals surface area contributed by atoms with E-state index in [-0.39, 0.29) is 18.0 Å². The quantitative estimate of drug-likeness (QED) is 0.0898. The SMILES string of the molecule is C=CC(=C)OCCOC[C@@H](C)Oc1ccc(-c2ccc(Cc3ccc(O[C@@H](C)COC(=C)C=C)cc3)cc2F)cc1. The van der Waals surface area contributed by atoms with Crippen LogP contribution in [0.5, 0.6) is 11.5 Å². The van der Waals surface area contributed by atoms with Crippen LogP contribution in [0.4, 0.5) is 4.39 Å². The van der Waals surface area contributed by atoms with Gasteiger partial charge in [0.25, 0.3) is 0 Å². The van der Waals surface area contributed by atoms with Gasteiger partial charge in [-0.25, -0.2) is 4.39 Å². The Kier molecular flexibility index (Phi) is 12.3. The summed E-state index contributed by atoms with van der Waals surface area (Å²) in [7, 11) is 0. The highest BCUT2D eigenvalue weighted by Gasteiger charge is 2.10. The summed E-state index contributed by atoms with van der Waals surface area (Å²) in [5.41, 5.74) is 3.26. The van der Waals surface area contributed by atoms with Crippen LogP contribution in [-0.2, 0) is 20.6 Å². The van der Waals surface area contributed by atoms with Crippen molar-refractivity contribution in [1.29, 1.82) is 0 Å². The van der Waals surface area contributed by atoms with E-state index in [1.807, 2.05) is 74.5 Å². The second kappa shape index (κ2) is 16.1. The van der Waals surface area contributed by atoms with E-state index in [1.54, 1.807) is 18.2 Å². The molecule has 5 nitrogen and oxygen atoms in total. The molecule has 0 saturated carbocycles. The zero-order chi connectivity index (χ0) is 29.6. The molecule has 0 heterocycles. The van der Waals surface area contributed by atoms with Crippen LogP contribution in [0.15, 0.2) is 117 Å². The van der Waals surface area contributed by atoms with Crippen molar-refractivity contribution in [3.05, 3.63) is 134 Å². The molecule has 0 aromatic heterocycles. The van der Waals surface area contributed by atoms with Gasteiger partial charge in [-0.1, -0.05) is 62.7 Å². The van der Waals surface area contributed by atoms with Crippen LogP contribution in [0.1, 0.15) is 25.0 Å². The van der Waals surface area contributed by atoms with Gasteiger partial charge < -0.3 is 23.7 Å². The van der Waals surface area contributed by atoms with Crippen molar-refractivity contribution in [1.82, 2.24) is 0 Å². The Bertz CT molecular complexity index is 1300. The lowest BCUT2D eigenvalue weighted by molar-refractivity contribution is 0.0330. The monoisotopic (exact) mass is 558 g/mol. The van der Waals surface area contributed by atoms with Crippen molar-refractivity contribution in [3.63, 3.8) is 0 Å². The molecule has 0 bridgehead atoms. The summed E-state index contributed by atoms with van der Waals surface area (Å²) in [6.45, 7) is 20.1.